The molecule has 0 aromatic heterocycles. The molecule has 0 aliphatic heterocycles. The Morgan fingerprint density at radius 3 is 0.931 bits per heavy atom. The van der Waals surface area contributed by atoms with E-state index in [1.807, 2.05) is 27.7 Å². The Kier molecular flexibility index (Phi) is 18.2. The van der Waals surface area contributed by atoms with E-state index in [1.54, 1.807) is 13.8 Å². The summed E-state index contributed by atoms with van der Waals surface area (Å²) in [6, 6.07) is 0. The lowest BCUT2D eigenvalue weighted by molar-refractivity contribution is -0.153. The fraction of sp³-hybridized carbons (Fsp3) is 1.00. The molecule has 9 heteroatoms. The van der Waals surface area contributed by atoms with Crippen LogP contribution in [-0.2, 0) is 33.2 Å². The molecule has 2 N–H and O–H groups in total. The Balaban J connectivity index is 3.57. The molecule has 0 aliphatic rings. The van der Waals surface area contributed by atoms with Crippen molar-refractivity contribution in [1.82, 2.24) is 0 Å². The smallest absolute Gasteiger partial charge is 0.147 e. The summed E-state index contributed by atoms with van der Waals surface area (Å²) in [6.07, 6.45) is -1.42. The number of aliphatic hydroxyl groups excluding tert-OH is 2. The van der Waals surface area contributed by atoms with E-state index in [9.17, 15) is 0 Å². The predicted molar refractivity (Wildman–Crippen MR) is 108 cm³/mol. The quantitative estimate of drug-likeness (QED) is 0.279. The second-order valence-electron chi connectivity index (χ2n) is 7.46. The minimum absolute atomic E-state index is 0.116. The van der Waals surface area contributed by atoms with E-state index in [0.29, 0.717) is 39.6 Å². The van der Waals surface area contributed by atoms with E-state index < -0.39 is 12.2 Å². The summed E-state index contributed by atoms with van der Waals surface area (Å²) in [5, 5.41) is 18.2. The standard InChI is InChI=1S/C20H42O9/c1-15(21)7-23-9-17(3)26-13-28-19(5)11-25-12-20(6)29-14-27-18(4)10-24-8-16(2)22/h15-22H,7-14H2,1-6H3. The molecule has 0 saturated carbocycles. The van der Waals surface area contributed by atoms with Gasteiger partial charge in [-0.3, -0.25) is 0 Å². The largest absolute Gasteiger partial charge is 0.391 e. The predicted octanol–water partition coefficient (Wildman–Crippen LogP) is 1.33. The van der Waals surface area contributed by atoms with Crippen molar-refractivity contribution in [3.05, 3.63) is 0 Å². The minimum Gasteiger partial charge on any atom is -0.391 e. The van der Waals surface area contributed by atoms with E-state index in [1.165, 1.54) is 0 Å². The molecule has 0 rings (SSSR count). The van der Waals surface area contributed by atoms with Gasteiger partial charge in [0, 0.05) is 0 Å². The van der Waals surface area contributed by atoms with Crippen molar-refractivity contribution in [1.29, 1.82) is 0 Å². The first-order chi connectivity index (χ1) is 13.7. The summed E-state index contributed by atoms with van der Waals surface area (Å²) < 4.78 is 38.2. The van der Waals surface area contributed by atoms with Crippen molar-refractivity contribution in [3.63, 3.8) is 0 Å². The number of hydrogen-bond donors (Lipinski definition) is 2. The van der Waals surface area contributed by atoms with Gasteiger partial charge in [0.2, 0.25) is 0 Å². The Morgan fingerprint density at radius 1 is 0.448 bits per heavy atom. The molecule has 0 heterocycles. The zero-order valence-corrected chi connectivity index (χ0v) is 18.9. The van der Waals surface area contributed by atoms with Gasteiger partial charge in [-0.1, -0.05) is 0 Å². The fourth-order valence-corrected chi connectivity index (χ4v) is 1.94. The first kappa shape index (κ1) is 28.6. The molecule has 176 valence electrons. The third-order valence-corrected chi connectivity index (χ3v) is 3.54. The van der Waals surface area contributed by atoms with E-state index >= 15 is 0 Å². The minimum atomic E-state index is -0.480. The molecule has 0 aliphatic carbocycles. The molecule has 0 radical (unpaired) electrons. The Morgan fingerprint density at radius 2 is 0.690 bits per heavy atom. The van der Waals surface area contributed by atoms with Gasteiger partial charge in [0.25, 0.3) is 0 Å². The van der Waals surface area contributed by atoms with Crippen molar-refractivity contribution < 1.29 is 43.4 Å². The molecule has 0 spiro atoms. The van der Waals surface area contributed by atoms with E-state index in [0.717, 1.165) is 0 Å². The Hall–Kier alpha value is -0.360. The van der Waals surface area contributed by atoms with Crippen LogP contribution < -0.4 is 0 Å². The summed E-state index contributed by atoms with van der Waals surface area (Å²) in [7, 11) is 0. The van der Waals surface area contributed by atoms with Crippen LogP contribution in [0.1, 0.15) is 41.5 Å². The molecule has 29 heavy (non-hydrogen) atoms. The molecule has 0 fully saturated rings. The monoisotopic (exact) mass is 426 g/mol. The van der Waals surface area contributed by atoms with E-state index in [2.05, 4.69) is 0 Å². The van der Waals surface area contributed by atoms with Crippen LogP contribution in [0.25, 0.3) is 0 Å². The van der Waals surface area contributed by atoms with E-state index in [-0.39, 0.29) is 38.0 Å². The average molecular weight is 427 g/mol. The van der Waals surface area contributed by atoms with Gasteiger partial charge in [0.15, 0.2) is 0 Å². The molecule has 6 unspecified atom stereocenters. The van der Waals surface area contributed by atoms with Crippen molar-refractivity contribution in [3.8, 4) is 0 Å². The highest BCUT2D eigenvalue weighted by atomic mass is 16.7. The summed E-state index contributed by atoms with van der Waals surface area (Å²) in [5.41, 5.74) is 0. The topological polar surface area (TPSA) is 105 Å². The number of hydrogen-bond acceptors (Lipinski definition) is 9. The zero-order chi connectivity index (χ0) is 22.1. The van der Waals surface area contributed by atoms with Crippen molar-refractivity contribution in [2.24, 2.45) is 0 Å². The van der Waals surface area contributed by atoms with Gasteiger partial charge >= 0.3 is 0 Å². The van der Waals surface area contributed by atoms with Crippen LogP contribution in [0.4, 0.5) is 0 Å². The summed E-state index contributed by atoms with van der Waals surface area (Å²) >= 11 is 0. The Bertz CT molecular complexity index is 323. The van der Waals surface area contributed by atoms with Gasteiger partial charge in [-0.15, -0.1) is 0 Å². The highest BCUT2D eigenvalue weighted by Gasteiger charge is 2.10. The van der Waals surface area contributed by atoms with Crippen LogP contribution in [-0.4, -0.2) is 100 Å². The highest BCUT2D eigenvalue weighted by molar-refractivity contribution is 4.52. The van der Waals surface area contributed by atoms with Gasteiger partial charge < -0.3 is 43.4 Å². The zero-order valence-electron chi connectivity index (χ0n) is 18.9. The van der Waals surface area contributed by atoms with Crippen molar-refractivity contribution in [2.75, 3.05) is 53.2 Å². The van der Waals surface area contributed by atoms with Gasteiger partial charge in [0.05, 0.1) is 76.3 Å². The normalized spacial score (nSPS) is 18.2. The van der Waals surface area contributed by atoms with Gasteiger partial charge in [-0.05, 0) is 41.5 Å². The van der Waals surface area contributed by atoms with E-state index in [4.69, 9.17) is 43.4 Å². The van der Waals surface area contributed by atoms with Crippen LogP contribution in [0.3, 0.4) is 0 Å². The molecule has 0 saturated heterocycles. The second kappa shape index (κ2) is 18.4. The maximum absolute atomic E-state index is 9.12. The molecule has 0 bridgehead atoms. The van der Waals surface area contributed by atoms with Crippen LogP contribution in [0.5, 0.6) is 0 Å². The fourth-order valence-electron chi connectivity index (χ4n) is 1.94. The first-order valence-corrected chi connectivity index (χ1v) is 10.3. The Labute approximate surface area is 175 Å². The first-order valence-electron chi connectivity index (χ1n) is 10.3. The summed E-state index contributed by atoms with van der Waals surface area (Å²) in [6.45, 7) is 13.5. The number of ether oxygens (including phenoxy) is 7. The van der Waals surface area contributed by atoms with Crippen LogP contribution in [0.2, 0.25) is 0 Å². The molecule has 0 amide bonds. The van der Waals surface area contributed by atoms with Crippen LogP contribution >= 0.6 is 0 Å². The highest BCUT2D eigenvalue weighted by Crippen LogP contribution is 2.01. The van der Waals surface area contributed by atoms with Gasteiger partial charge in [-0.2, -0.15) is 0 Å². The lowest BCUT2D eigenvalue weighted by atomic mass is 10.4. The number of rotatable bonds is 20. The molecule has 0 aromatic carbocycles. The van der Waals surface area contributed by atoms with Gasteiger partial charge in [0.1, 0.15) is 13.6 Å². The molecule has 0 aromatic rings. The second-order valence-corrected chi connectivity index (χ2v) is 7.46. The van der Waals surface area contributed by atoms with Gasteiger partial charge in [-0.25, -0.2) is 0 Å². The third kappa shape index (κ3) is 20.7. The van der Waals surface area contributed by atoms with Crippen LogP contribution in [0.15, 0.2) is 0 Å². The van der Waals surface area contributed by atoms with Crippen molar-refractivity contribution in [2.45, 2.75) is 78.2 Å². The summed E-state index contributed by atoms with van der Waals surface area (Å²) in [5.74, 6) is 0. The molecular formula is C20H42O9. The lowest BCUT2D eigenvalue weighted by Gasteiger charge is -2.19. The molecular weight excluding hydrogens is 384 g/mol. The molecule has 9 nitrogen and oxygen atoms in total. The third-order valence-electron chi connectivity index (χ3n) is 3.54. The molecule has 6 atom stereocenters. The average Bonchev–Trinajstić information content (AvgIpc) is 2.61. The van der Waals surface area contributed by atoms with Crippen molar-refractivity contribution >= 4 is 0 Å². The maximum atomic E-state index is 9.12. The lowest BCUT2D eigenvalue weighted by Crippen LogP contribution is -2.26. The summed E-state index contributed by atoms with van der Waals surface area (Å²) in [4.78, 5) is 0. The maximum Gasteiger partial charge on any atom is 0.147 e. The van der Waals surface area contributed by atoms with Crippen LogP contribution in [0, 0.1) is 0 Å². The SMILES string of the molecule is CC(O)COCC(C)OCOC(C)COCC(C)OCOC(C)COCC(C)O. The number of aliphatic hydroxyl groups is 2.